The summed E-state index contributed by atoms with van der Waals surface area (Å²) in [7, 11) is 0. The predicted molar refractivity (Wildman–Crippen MR) is 115 cm³/mol. The Hall–Kier alpha value is -2.93. The highest BCUT2D eigenvalue weighted by molar-refractivity contribution is 6.30. The van der Waals surface area contributed by atoms with E-state index in [-0.39, 0.29) is 5.91 Å². The van der Waals surface area contributed by atoms with E-state index in [1.54, 1.807) is 0 Å². The number of fused-ring (bicyclic) bond motifs is 1. The van der Waals surface area contributed by atoms with Gasteiger partial charge < -0.3 is 14.7 Å². The smallest absolute Gasteiger partial charge is 0.223 e. The first-order valence-electron chi connectivity index (χ1n) is 10.1. The highest BCUT2D eigenvalue weighted by Crippen LogP contribution is 2.31. The third-order valence-corrected chi connectivity index (χ3v) is 5.38. The zero-order chi connectivity index (χ0) is 21.1. The Balaban J connectivity index is 1.33. The number of aryl methyl sites for hydroxylation is 2. The van der Waals surface area contributed by atoms with Gasteiger partial charge in [-0.3, -0.25) is 4.79 Å². The van der Waals surface area contributed by atoms with Crippen LogP contribution in [0.4, 0.5) is 5.95 Å². The van der Waals surface area contributed by atoms with Gasteiger partial charge in [0.15, 0.2) is 5.76 Å². The van der Waals surface area contributed by atoms with Crippen molar-refractivity contribution in [1.82, 2.24) is 20.0 Å². The molecule has 3 heterocycles. The van der Waals surface area contributed by atoms with Gasteiger partial charge >= 0.3 is 0 Å². The van der Waals surface area contributed by atoms with Gasteiger partial charge in [-0.15, -0.1) is 0 Å². The third kappa shape index (κ3) is 4.62. The second-order valence-electron chi connectivity index (χ2n) is 7.51. The zero-order valence-electron chi connectivity index (χ0n) is 17.1. The Morgan fingerprint density at radius 2 is 1.93 bits per heavy atom. The van der Waals surface area contributed by atoms with Gasteiger partial charge in [0.05, 0.1) is 12.2 Å². The minimum atomic E-state index is 0.132. The first-order valence-corrected chi connectivity index (χ1v) is 10.4. The number of amides is 1. The molecule has 0 radical (unpaired) electrons. The van der Waals surface area contributed by atoms with Crippen molar-refractivity contribution in [2.45, 2.75) is 39.7 Å². The number of nitrogens with zero attached hydrogens (tertiary/aromatic N) is 4. The Kier molecular flexibility index (Phi) is 5.99. The molecular formula is C22H24ClN5O2. The van der Waals surface area contributed by atoms with E-state index in [9.17, 15) is 4.79 Å². The maximum atomic E-state index is 12.7. The topological polar surface area (TPSA) is 84.2 Å². The Morgan fingerprint density at radius 1 is 1.20 bits per heavy atom. The molecule has 1 aliphatic heterocycles. The van der Waals surface area contributed by atoms with E-state index in [0.717, 1.165) is 28.2 Å². The van der Waals surface area contributed by atoms with Gasteiger partial charge in [0, 0.05) is 53.5 Å². The molecule has 3 aromatic rings. The molecule has 7 nitrogen and oxygen atoms in total. The Labute approximate surface area is 180 Å². The van der Waals surface area contributed by atoms with Crippen LogP contribution < -0.4 is 5.32 Å². The monoisotopic (exact) mass is 425 g/mol. The molecule has 1 aromatic carbocycles. The van der Waals surface area contributed by atoms with E-state index >= 15 is 0 Å². The van der Waals surface area contributed by atoms with Crippen molar-refractivity contribution in [1.29, 1.82) is 0 Å². The summed E-state index contributed by atoms with van der Waals surface area (Å²) in [6.45, 7) is 5.71. The standard InChI is InChI=1S/C22H24ClN5O2/c1-14-12-15(2)26-22(25-14)24-10-3-4-20(29)28-11-9-19-18(13-28)21(30-27-19)16-5-7-17(23)8-6-16/h5-8,12H,3-4,9-11,13H2,1-2H3,(H,24,25,26). The number of benzene rings is 1. The molecule has 30 heavy (non-hydrogen) atoms. The van der Waals surface area contributed by atoms with Crippen LogP contribution in [0.3, 0.4) is 0 Å². The summed E-state index contributed by atoms with van der Waals surface area (Å²) in [5.74, 6) is 1.46. The summed E-state index contributed by atoms with van der Waals surface area (Å²) >= 11 is 5.98. The lowest BCUT2D eigenvalue weighted by molar-refractivity contribution is -0.132. The summed E-state index contributed by atoms with van der Waals surface area (Å²) in [6, 6.07) is 9.39. The maximum absolute atomic E-state index is 12.7. The molecule has 4 rings (SSSR count). The molecule has 0 aliphatic carbocycles. The molecule has 0 fully saturated rings. The average Bonchev–Trinajstić information content (AvgIpc) is 3.14. The minimum Gasteiger partial charge on any atom is -0.356 e. The number of hydrogen-bond acceptors (Lipinski definition) is 6. The molecule has 0 saturated carbocycles. The third-order valence-electron chi connectivity index (χ3n) is 5.13. The van der Waals surface area contributed by atoms with E-state index in [1.165, 1.54) is 0 Å². The number of rotatable bonds is 6. The number of anilines is 1. The van der Waals surface area contributed by atoms with Crippen molar-refractivity contribution in [2.75, 3.05) is 18.4 Å². The molecule has 2 aromatic heterocycles. The molecular weight excluding hydrogens is 402 g/mol. The van der Waals surface area contributed by atoms with Crippen LogP contribution in [0, 0.1) is 13.8 Å². The molecule has 0 atom stereocenters. The summed E-state index contributed by atoms with van der Waals surface area (Å²) in [5.41, 5.74) is 4.68. The zero-order valence-corrected chi connectivity index (χ0v) is 17.9. The average molecular weight is 426 g/mol. The van der Waals surface area contributed by atoms with Crippen LogP contribution >= 0.6 is 11.6 Å². The summed E-state index contributed by atoms with van der Waals surface area (Å²) < 4.78 is 5.58. The highest BCUT2D eigenvalue weighted by Gasteiger charge is 2.27. The van der Waals surface area contributed by atoms with Crippen LogP contribution in [-0.4, -0.2) is 39.0 Å². The lowest BCUT2D eigenvalue weighted by Gasteiger charge is -2.26. The van der Waals surface area contributed by atoms with E-state index < -0.39 is 0 Å². The van der Waals surface area contributed by atoms with Gasteiger partial charge in [0.1, 0.15) is 0 Å². The maximum Gasteiger partial charge on any atom is 0.223 e. The van der Waals surface area contributed by atoms with Crippen molar-refractivity contribution >= 4 is 23.5 Å². The normalized spacial score (nSPS) is 13.2. The van der Waals surface area contributed by atoms with Gasteiger partial charge in [0.25, 0.3) is 0 Å². The summed E-state index contributed by atoms with van der Waals surface area (Å²) in [5, 5.41) is 8.08. The molecule has 1 N–H and O–H groups in total. The first kappa shape index (κ1) is 20.3. The van der Waals surface area contributed by atoms with Gasteiger partial charge in [-0.25, -0.2) is 9.97 Å². The molecule has 0 spiro atoms. The fourth-order valence-electron chi connectivity index (χ4n) is 3.66. The molecule has 0 unspecified atom stereocenters. The highest BCUT2D eigenvalue weighted by atomic mass is 35.5. The van der Waals surface area contributed by atoms with Crippen molar-refractivity contribution in [3.05, 3.63) is 58.0 Å². The minimum absolute atomic E-state index is 0.132. The molecule has 156 valence electrons. The summed E-state index contributed by atoms with van der Waals surface area (Å²) in [4.78, 5) is 23.3. The van der Waals surface area contributed by atoms with Crippen molar-refractivity contribution < 1.29 is 9.32 Å². The van der Waals surface area contributed by atoms with Crippen molar-refractivity contribution in [3.63, 3.8) is 0 Å². The first-order chi connectivity index (χ1) is 14.5. The number of halogens is 1. The lowest BCUT2D eigenvalue weighted by atomic mass is 10.0. The van der Waals surface area contributed by atoms with E-state index in [1.807, 2.05) is 49.1 Å². The molecule has 1 amide bonds. The van der Waals surface area contributed by atoms with E-state index in [0.29, 0.717) is 55.6 Å². The second kappa shape index (κ2) is 8.83. The van der Waals surface area contributed by atoms with Crippen LogP contribution in [0.1, 0.15) is 35.5 Å². The second-order valence-corrected chi connectivity index (χ2v) is 7.95. The van der Waals surface area contributed by atoms with Crippen LogP contribution in [0.2, 0.25) is 5.02 Å². The molecule has 0 bridgehead atoms. The molecule has 0 saturated heterocycles. The van der Waals surface area contributed by atoms with Crippen LogP contribution in [0.25, 0.3) is 11.3 Å². The number of carbonyl (C=O) groups is 1. The Morgan fingerprint density at radius 3 is 2.67 bits per heavy atom. The molecule has 8 heteroatoms. The largest absolute Gasteiger partial charge is 0.356 e. The number of carbonyl (C=O) groups excluding carboxylic acids is 1. The van der Waals surface area contributed by atoms with E-state index in [4.69, 9.17) is 16.1 Å². The van der Waals surface area contributed by atoms with E-state index in [2.05, 4.69) is 20.4 Å². The fraction of sp³-hybridized carbons (Fsp3) is 0.364. The van der Waals surface area contributed by atoms with Crippen LogP contribution in [0.5, 0.6) is 0 Å². The van der Waals surface area contributed by atoms with Gasteiger partial charge in [-0.2, -0.15) is 0 Å². The quantitative estimate of drug-likeness (QED) is 0.596. The van der Waals surface area contributed by atoms with Gasteiger partial charge in [-0.1, -0.05) is 16.8 Å². The van der Waals surface area contributed by atoms with Gasteiger partial charge in [-0.05, 0) is 50.6 Å². The number of hydrogen-bond donors (Lipinski definition) is 1. The Bertz CT molecular complexity index is 1030. The predicted octanol–water partition coefficient (Wildman–Crippen LogP) is 4.18. The number of nitrogens with one attached hydrogen (secondary N) is 1. The fourth-order valence-corrected chi connectivity index (χ4v) is 3.78. The van der Waals surface area contributed by atoms with Crippen molar-refractivity contribution in [3.8, 4) is 11.3 Å². The molecule has 1 aliphatic rings. The van der Waals surface area contributed by atoms with Crippen molar-refractivity contribution in [2.24, 2.45) is 0 Å². The number of aromatic nitrogens is 3. The van der Waals surface area contributed by atoms with Crippen LogP contribution in [0.15, 0.2) is 34.9 Å². The van der Waals surface area contributed by atoms with Crippen LogP contribution in [-0.2, 0) is 17.8 Å². The lowest BCUT2D eigenvalue weighted by Crippen LogP contribution is -2.36. The van der Waals surface area contributed by atoms with Gasteiger partial charge in [0.2, 0.25) is 11.9 Å². The SMILES string of the molecule is Cc1cc(C)nc(NCCCC(=O)N2CCc3noc(-c4ccc(Cl)cc4)c3C2)n1. The summed E-state index contributed by atoms with van der Waals surface area (Å²) in [6.07, 6.45) is 1.88.